The summed E-state index contributed by atoms with van der Waals surface area (Å²) in [7, 11) is 1.85. The van der Waals surface area contributed by atoms with Crippen molar-refractivity contribution in [2.75, 3.05) is 11.1 Å². The van der Waals surface area contributed by atoms with Gasteiger partial charge in [-0.25, -0.2) is 4.98 Å². The molecule has 0 bridgehead atoms. The van der Waals surface area contributed by atoms with Crippen molar-refractivity contribution in [1.29, 1.82) is 0 Å². The van der Waals surface area contributed by atoms with Crippen LogP contribution < -0.4 is 10.6 Å². The highest BCUT2D eigenvalue weighted by Crippen LogP contribution is 2.27. The zero-order valence-corrected chi connectivity index (χ0v) is 20.9. The molecule has 11 heteroatoms. The number of fused-ring (bicyclic) bond motifs is 1. The Hall–Kier alpha value is -2.76. The quantitative estimate of drug-likeness (QED) is 0.322. The van der Waals surface area contributed by atoms with Crippen molar-refractivity contribution in [3.63, 3.8) is 0 Å². The number of carbonyl (C=O) groups excluding carboxylic acids is 2. The van der Waals surface area contributed by atoms with Crippen LogP contribution in [0.25, 0.3) is 10.2 Å². The lowest BCUT2D eigenvalue weighted by Crippen LogP contribution is -2.31. The molecule has 4 rings (SSSR count). The standard InChI is InChI=1S/C22H24N6O2S3/c1-13(2)11-15(23-20(30)17-9-6-10-31-17)19-26-27-22(28(19)3)32-12-18(29)25-21-24-14-7-4-5-8-16(14)33-21/h4-10,13,15H,11-12H2,1-3H3,(H,23,30)(H,24,25,29). The summed E-state index contributed by atoms with van der Waals surface area (Å²) in [5, 5.41) is 17.6. The first-order chi connectivity index (χ1) is 15.9. The molecule has 2 amide bonds. The Morgan fingerprint density at radius 1 is 1.15 bits per heavy atom. The summed E-state index contributed by atoms with van der Waals surface area (Å²) in [6.45, 7) is 4.20. The summed E-state index contributed by atoms with van der Waals surface area (Å²) >= 11 is 4.14. The molecule has 0 fully saturated rings. The second kappa shape index (κ2) is 10.4. The van der Waals surface area contributed by atoms with Crippen LogP contribution in [-0.4, -0.2) is 37.3 Å². The van der Waals surface area contributed by atoms with E-state index < -0.39 is 0 Å². The van der Waals surface area contributed by atoms with Crippen LogP contribution in [0.5, 0.6) is 0 Å². The second-order valence-corrected chi connectivity index (χ2v) is 10.8. The molecule has 0 aliphatic carbocycles. The van der Waals surface area contributed by atoms with Gasteiger partial charge in [0.1, 0.15) is 0 Å². The van der Waals surface area contributed by atoms with E-state index in [9.17, 15) is 9.59 Å². The lowest BCUT2D eigenvalue weighted by molar-refractivity contribution is -0.113. The monoisotopic (exact) mass is 500 g/mol. The minimum atomic E-state index is -0.275. The van der Waals surface area contributed by atoms with E-state index in [4.69, 9.17) is 0 Å². The van der Waals surface area contributed by atoms with Crippen LogP contribution in [0.1, 0.15) is 41.8 Å². The third kappa shape index (κ3) is 5.79. The molecule has 0 aliphatic heterocycles. The molecular weight excluding hydrogens is 476 g/mol. The average molecular weight is 501 g/mol. The Kier molecular flexibility index (Phi) is 7.41. The van der Waals surface area contributed by atoms with E-state index in [1.807, 2.05) is 47.3 Å². The maximum atomic E-state index is 12.6. The molecule has 172 valence electrons. The van der Waals surface area contributed by atoms with Gasteiger partial charge < -0.3 is 15.2 Å². The van der Waals surface area contributed by atoms with E-state index in [0.29, 0.717) is 26.9 Å². The largest absolute Gasteiger partial charge is 0.341 e. The van der Waals surface area contributed by atoms with E-state index >= 15 is 0 Å². The first-order valence-electron chi connectivity index (χ1n) is 10.4. The smallest absolute Gasteiger partial charge is 0.261 e. The van der Waals surface area contributed by atoms with E-state index in [-0.39, 0.29) is 23.6 Å². The molecule has 0 aliphatic rings. The van der Waals surface area contributed by atoms with Crippen LogP contribution in [-0.2, 0) is 11.8 Å². The van der Waals surface area contributed by atoms with E-state index in [0.717, 1.165) is 16.6 Å². The SMILES string of the molecule is CC(C)CC(NC(=O)c1cccs1)c1nnc(SCC(=O)Nc2nc3ccccc3s2)n1C. The molecular formula is C22H24N6O2S3. The molecule has 0 spiro atoms. The minimum absolute atomic E-state index is 0.122. The highest BCUT2D eigenvalue weighted by molar-refractivity contribution is 7.99. The molecule has 1 aromatic carbocycles. The van der Waals surface area contributed by atoms with Crippen molar-refractivity contribution >= 4 is 61.6 Å². The molecule has 0 saturated carbocycles. The topological polar surface area (TPSA) is 102 Å². The fourth-order valence-corrected chi connectivity index (χ4v) is 5.53. The van der Waals surface area contributed by atoms with Gasteiger partial charge in [0.2, 0.25) is 5.91 Å². The van der Waals surface area contributed by atoms with Crippen molar-refractivity contribution in [1.82, 2.24) is 25.1 Å². The Morgan fingerprint density at radius 2 is 1.97 bits per heavy atom. The van der Waals surface area contributed by atoms with Crippen molar-refractivity contribution < 1.29 is 9.59 Å². The number of nitrogens with one attached hydrogen (secondary N) is 2. The predicted octanol–water partition coefficient (Wildman–Crippen LogP) is 4.73. The van der Waals surface area contributed by atoms with Crippen LogP contribution in [0, 0.1) is 5.92 Å². The Bertz CT molecular complexity index is 1220. The average Bonchev–Trinajstić information content (AvgIpc) is 3.51. The Morgan fingerprint density at radius 3 is 2.70 bits per heavy atom. The van der Waals surface area contributed by atoms with Crippen LogP contribution in [0.3, 0.4) is 0 Å². The molecule has 0 saturated heterocycles. The van der Waals surface area contributed by atoms with Gasteiger partial charge >= 0.3 is 0 Å². The molecule has 0 radical (unpaired) electrons. The summed E-state index contributed by atoms with van der Waals surface area (Å²) in [5.41, 5.74) is 0.865. The third-order valence-electron chi connectivity index (χ3n) is 4.81. The molecule has 8 nitrogen and oxygen atoms in total. The van der Waals surface area contributed by atoms with Gasteiger partial charge in [-0.05, 0) is 35.9 Å². The summed E-state index contributed by atoms with van der Waals surface area (Å²) < 4.78 is 2.87. The molecule has 1 unspecified atom stereocenters. The number of hydrogen-bond acceptors (Lipinski definition) is 8. The molecule has 3 aromatic heterocycles. The number of rotatable bonds is 9. The van der Waals surface area contributed by atoms with E-state index in [2.05, 4.69) is 39.7 Å². The number of amides is 2. The van der Waals surface area contributed by atoms with Crippen molar-refractivity contribution in [3.8, 4) is 0 Å². The fourth-order valence-electron chi connectivity index (χ4n) is 3.30. The van der Waals surface area contributed by atoms with Gasteiger partial charge in [-0.1, -0.05) is 55.1 Å². The lowest BCUT2D eigenvalue weighted by atomic mass is 10.0. The van der Waals surface area contributed by atoms with Gasteiger partial charge in [-0.2, -0.15) is 0 Å². The number of thioether (sulfide) groups is 1. The third-order valence-corrected chi connectivity index (χ3v) is 7.65. The summed E-state index contributed by atoms with van der Waals surface area (Å²) in [5.74, 6) is 0.920. The highest BCUT2D eigenvalue weighted by atomic mass is 32.2. The number of anilines is 1. The van der Waals surface area contributed by atoms with Gasteiger partial charge in [0.25, 0.3) is 5.91 Å². The maximum Gasteiger partial charge on any atom is 0.261 e. The number of carbonyl (C=O) groups is 2. The zero-order chi connectivity index (χ0) is 23.4. The fraction of sp³-hybridized carbons (Fsp3) is 0.318. The summed E-state index contributed by atoms with van der Waals surface area (Å²) in [6, 6.07) is 11.1. The lowest BCUT2D eigenvalue weighted by Gasteiger charge is -2.19. The first-order valence-corrected chi connectivity index (χ1v) is 13.1. The maximum absolute atomic E-state index is 12.6. The van der Waals surface area contributed by atoms with E-state index in [1.165, 1.54) is 34.4 Å². The van der Waals surface area contributed by atoms with Crippen LogP contribution in [0.15, 0.2) is 46.9 Å². The van der Waals surface area contributed by atoms with Gasteiger partial charge in [-0.15, -0.1) is 21.5 Å². The number of thiophene rings is 1. The number of para-hydroxylation sites is 1. The summed E-state index contributed by atoms with van der Waals surface area (Å²) in [6.07, 6.45) is 0.728. The molecule has 3 heterocycles. The van der Waals surface area contributed by atoms with Crippen LogP contribution in [0.2, 0.25) is 0 Å². The number of benzene rings is 1. The highest BCUT2D eigenvalue weighted by Gasteiger charge is 2.24. The number of aromatic nitrogens is 4. The Balaban J connectivity index is 1.40. The molecule has 1 atom stereocenters. The van der Waals surface area contributed by atoms with Gasteiger partial charge in [0.15, 0.2) is 16.1 Å². The van der Waals surface area contributed by atoms with Crippen LogP contribution in [0.4, 0.5) is 5.13 Å². The number of nitrogens with zero attached hydrogens (tertiary/aromatic N) is 4. The summed E-state index contributed by atoms with van der Waals surface area (Å²) in [4.78, 5) is 30.2. The van der Waals surface area contributed by atoms with Crippen molar-refractivity contribution in [3.05, 3.63) is 52.5 Å². The van der Waals surface area contributed by atoms with Crippen molar-refractivity contribution in [2.45, 2.75) is 31.5 Å². The molecule has 4 aromatic rings. The second-order valence-electron chi connectivity index (χ2n) is 7.86. The van der Waals surface area contributed by atoms with Crippen LogP contribution >= 0.6 is 34.4 Å². The first kappa shape index (κ1) is 23.4. The molecule has 33 heavy (non-hydrogen) atoms. The minimum Gasteiger partial charge on any atom is -0.341 e. The zero-order valence-electron chi connectivity index (χ0n) is 18.4. The van der Waals surface area contributed by atoms with Gasteiger partial charge in [-0.3, -0.25) is 9.59 Å². The molecule has 2 N–H and O–H groups in total. The Labute approximate surface area is 203 Å². The number of hydrogen-bond donors (Lipinski definition) is 2. The number of thiazole rings is 1. The normalized spacial score (nSPS) is 12.2. The van der Waals surface area contributed by atoms with Gasteiger partial charge in [0, 0.05) is 7.05 Å². The predicted molar refractivity (Wildman–Crippen MR) is 134 cm³/mol. The van der Waals surface area contributed by atoms with Crippen molar-refractivity contribution in [2.24, 2.45) is 13.0 Å². The van der Waals surface area contributed by atoms with Gasteiger partial charge in [0.05, 0.1) is 26.9 Å². The van der Waals surface area contributed by atoms with E-state index in [1.54, 1.807) is 6.07 Å².